The first-order chi connectivity index (χ1) is 9.72. The molecule has 0 saturated carbocycles. The molecule has 20 heavy (non-hydrogen) atoms. The second-order valence-electron chi connectivity index (χ2n) is 4.95. The van der Waals surface area contributed by atoms with Crippen molar-refractivity contribution < 1.29 is 5.11 Å². The summed E-state index contributed by atoms with van der Waals surface area (Å²) in [5.74, 6) is 0.320. The first-order valence-electron chi connectivity index (χ1n) is 7.00. The lowest BCUT2D eigenvalue weighted by molar-refractivity contribution is 0.270. The molecule has 3 N–H and O–H groups in total. The average molecular weight is 270 g/mol. The Morgan fingerprint density at radius 3 is 2.40 bits per heavy atom. The molecule has 0 spiro atoms. The first-order valence-corrected chi connectivity index (χ1v) is 7.00. The van der Waals surface area contributed by atoms with E-state index in [1.54, 1.807) is 6.07 Å². The predicted molar refractivity (Wildman–Crippen MR) is 82.2 cm³/mol. The number of phenols is 1. The fourth-order valence-electron chi connectivity index (χ4n) is 2.34. The van der Waals surface area contributed by atoms with Crippen molar-refractivity contribution >= 4 is 0 Å². The standard InChI is InChI=1S/C17H22N2O/c1-2-19(12-14-6-5-9-17(20)10-14)13-16-8-4-3-7-15(16)11-18/h3-10,20H,2,11-13,18H2,1H3. The maximum atomic E-state index is 9.54. The summed E-state index contributed by atoms with van der Waals surface area (Å²) in [6.07, 6.45) is 0. The molecule has 0 amide bonds. The van der Waals surface area contributed by atoms with Crippen molar-refractivity contribution in [3.63, 3.8) is 0 Å². The van der Waals surface area contributed by atoms with Crippen LogP contribution >= 0.6 is 0 Å². The van der Waals surface area contributed by atoms with Gasteiger partial charge in [-0.2, -0.15) is 0 Å². The largest absolute Gasteiger partial charge is 0.508 e. The highest BCUT2D eigenvalue weighted by atomic mass is 16.3. The van der Waals surface area contributed by atoms with Gasteiger partial charge in [-0.3, -0.25) is 4.90 Å². The number of rotatable bonds is 6. The Hall–Kier alpha value is -1.84. The number of nitrogens with two attached hydrogens (primary N) is 1. The molecule has 0 radical (unpaired) electrons. The zero-order chi connectivity index (χ0) is 14.4. The van der Waals surface area contributed by atoms with E-state index in [-0.39, 0.29) is 0 Å². The van der Waals surface area contributed by atoms with Gasteiger partial charge in [0.05, 0.1) is 0 Å². The van der Waals surface area contributed by atoms with Crippen molar-refractivity contribution in [3.05, 3.63) is 65.2 Å². The second kappa shape index (κ2) is 7.08. The second-order valence-corrected chi connectivity index (χ2v) is 4.95. The lowest BCUT2D eigenvalue weighted by Crippen LogP contribution is -2.23. The van der Waals surface area contributed by atoms with Crippen molar-refractivity contribution in [2.24, 2.45) is 5.73 Å². The zero-order valence-electron chi connectivity index (χ0n) is 11.9. The summed E-state index contributed by atoms with van der Waals surface area (Å²) in [7, 11) is 0. The van der Waals surface area contributed by atoms with Crippen LogP contribution in [0.15, 0.2) is 48.5 Å². The maximum absolute atomic E-state index is 9.54. The summed E-state index contributed by atoms with van der Waals surface area (Å²) in [6.45, 7) is 5.37. The Kier molecular flexibility index (Phi) is 5.16. The fraction of sp³-hybridized carbons (Fsp3) is 0.294. The van der Waals surface area contributed by atoms with Crippen LogP contribution in [0.2, 0.25) is 0 Å². The number of hydrogen-bond acceptors (Lipinski definition) is 3. The number of phenolic OH excluding ortho intramolecular Hbond substituents is 1. The predicted octanol–water partition coefficient (Wildman–Crippen LogP) is 2.87. The molecule has 0 aliphatic heterocycles. The highest BCUT2D eigenvalue weighted by molar-refractivity contribution is 5.28. The van der Waals surface area contributed by atoms with E-state index in [0.29, 0.717) is 12.3 Å². The summed E-state index contributed by atoms with van der Waals surface area (Å²) in [5.41, 5.74) is 9.38. The van der Waals surface area contributed by atoms with Crippen molar-refractivity contribution in [2.75, 3.05) is 6.54 Å². The Balaban J connectivity index is 2.09. The fourth-order valence-corrected chi connectivity index (χ4v) is 2.34. The monoisotopic (exact) mass is 270 g/mol. The molecule has 0 atom stereocenters. The van der Waals surface area contributed by atoms with Crippen LogP contribution in [0.5, 0.6) is 5.75 Å². The van der Waals surface area contributed by atoms with Gasteiger partial charge in [-0.05, 0) is 35.4 Å². The molecule has 0 heterocycles. The molecular formula is C17H22N2O. The molecular weight excluding hydrogens is 248 g/mol. The summed E-state index contributed by atoms with van der Waals surface area (Å²) >= 11 is 0. The number of nitrogens with zero attached hydrogens (tertiary/aromatic N) is 1. The molecule has 3 heteroatoms. The number of benzene rings is 2. The smallest absolute Gasteiger partial charge is 0.115 e. The summed E-state index contributed by atoms with van der Waals surface area (Å²) in [6, 6.07) is 15.7. The summed E-state index contributed by atoms with van der Waals surface area (Å²) in [4.78, 5) is 2.34. The van der Waals surface area contributed by atoms with Gasteiger partial charge in [0.15, 0.2) is 0 Å². The topological polar surface area (TPSA) is 49.5 Å². The minimum Gasteiger partial charge on any atom is -0.508 e. The molecule has 3 nitrogen and oxygen atoms in total. The summed E-state index contributed by atoms with van der Waals surface area (Å²) in [5, 5.41) is 9.54. The van der Waals surface area contributed by atoms with Crippen LogP contribution in [0.3, 0.4) is 0 Å². The number of aromatic hydroxyl groups is 1. The van der Waals surface area contributed by atoms with Crippen LogP contribution < -0.4 is 5.73 Å². The first kappa shape index (κ1) is 14.6. The Labute approximate surface area is 120 Å². The zero-order valence-corrected chi connectivity index (χ0v) is 11.9. The molecule has 2 rings (SSSR count). The minimum absolute atomic E-state index is 0.320. The molecule has 2 aromatic carbocycles. The van der Waals surface area contributed by atoms with Crippen molar-refractivity contribution in [2.45, 2.75) is 26.6 Å². The van der Waals surface area contributed by atoms with Gasteiger partial charge in [0.2, 0.25) is 0 Å². The van der Waals surface area contributed by atoms with Crippen molar-refractivity contribution in [1.82, 2.24) is 4.90 Å². The molecule has 0 aliphatic carbocycles. The molecule has 0 aliphatic rings. The van der Waals surface area contributed by atoms with Crippen molar-refractivity contribution in [1.29, 1.82) is 0 Å². The van der Waals surface area contributed by atoms with E-state index >= 15 is 0 Å². The normalized spacial score (nSPS) is 10.9. The van der Waals surface area contributed by atoms with Gasteiger partial charge in [0.25, 0.3) is 0 Å². The molecule has 0 saturated heterocycles. The third kappa shape index (κ3) is 3.83. The van der Waals surface area contributed by atoms with E-state index in [1.165, 1.54) is 11.1 Å². The van der Waals surface area contributed by atoms with Gasteiger partial charge < -0.3 is 10.8 Å². The van der Waals surface area contributed by atoms with Gasteiger partial charge >= 0.3 is 0 Å². The highest BCUT2D eigenvalue weighted by Crippen LogP contribution is 2.16. The molecule has 0 bridgehead atoms. The van der Waals surface area contributed by atoms with E-state index in [2.05, 4.69) is 30.0 Å². The van der Waals surface area contributed by atoms with E-state index in [0.717, 1.165) is 25.2 Å². The van der Waals surface area contributed by atoms with Gasteiger partial charge in [-0.15, -0.1) is 0 Å². The third-order valence-corrected chi connectivity index (χ3v) is 3.50. The average Bonchev–Trinajstić information content (AvgIpc) is 2.47. The van der Waals surface area contributed by atoms with E-state index in [1.807, 2.05) is 24.3 Å². The molecule has 0 unspecified atom stereocenters. The van der Waals surface area contributed by atoms with Crippen LogP contribution in [-0.4, -0.2) is 16.6 Å². The van der Waals surface area contributed by atoms with E-state index in [4.69, 9.17) is 5.73 Å². The minimum atomic E-state index is 0.320. The molecule has 2 aromatic rings. The maximum Gasteiger partial charge on any atom is 0.115 e. The molecule has 0 aromatic heterocycles. The Morgan fingerprint density at radius 1 is 1.00 bits per heavy atom. The Bertz CT molecular complexity index is 554. The van der Waals surface area contributed by atoms with Gasteiger partial charge in [-0.25, -0.2) is 0 Å². The third-order valence-electron chi connectivity index (χ3n) is 3.50. The van der Waals surface area contributed by atoms with Crippen LogP contribution in [0.4, 0.5) is 0 Å². The lowest BCUT2D eigenvalue weighted by atomic mass is 10.1. The van der Waals surface area contributed by atoms with E-state index in [9.17, 15) is 5.11 Å². The van der Waals surface area contributed by atoms with Gasteiger partial charge in [-0.1, -0.05) is 43.3 Å². The van der Waals surface area contributed by atoms with Gasteiger partial charge in [0.1, 0.15) is 5.75 Å². The van der Waals surface area contributed by atoms with Crippen LogP contribution in [-0.2, 0) is 19.6 Å². The SMILES string of the molecule is CCN(Cc1cccc(O)c1)Cc1ccccc1CN. The highest BCUT2D eigenvalue weighted by Gasteiger charge is 2.08. The van der Waals surface area contributed by atoms with Crippen LogP contribution in [0.25, 0.3) is 0 Å². The molecule has 0 fully saturated rings. The van der Waals surface area contributed by atoms with Crippen LogP contribution in [0.1, 0.15) is 23.6 Å². The van der Waals surface area contributed by atoms with Crippen molar-refractivity contribution in [3.8, 4) is 5.75 Å². The van der Waals surface area contributed by atoms with Gasteiger partial charge in [0, 0.05) is 19.6 Å². The van der Waals surface area contributed by atoms with E-state index < -0.39 is 0 Å². The lowest BCUT2D eigenvalue weighted by Gasteiger charge is -2.22. The molecule has 106 valence electrons. The Morgan fingerprint density at radius 2 is 1.75 bits per heavy atom. The quantitative estimate of drug-likeness (QED) is 0.848. The number of hydrogen-bond donors (Lipinski definition) is 2. The summed E-state index contributed by atoms with van der Waals surface area (Å²) < 4.78 is 0. The van der Waals surface area contributed by atoms with Crippen LogP contribution in [0, 0.1) is 0 Å².